The Morgan fingerprint density at radius 2 is 2.18 bits per heavy atom. The van der Waals surface area contributed by atoms with Gasteiger partial charge in [0.15, 0.2) is 0 Å². The molecule has 0 bridgehead atoms. The molecule has 0 saturated carbocycles. The summed E-state index contributed by atoms with van der Waals surface area (Å²) in [6, 6.07) is 0. The molecule has 5 nitrogen and oxygen atoms in total. The molecule has 0 aromatic carbocycles. The number of carboxylic acid groups (broad SMARTS) is 1. The number of nitrogens with one attached hydrogen (secondary N) is 1. The number of carbonyl (C=O) groups is 2. The van der Waals surface area contributed by atoms with E-state index in [-0.39, 0.29) is 5.91 Å². The van der Waals surface area contributed by atoms with Crippen LogP contribution in [0.15, 0.2) is 0 Å². The number of aromatic carboxylic acids is 1. The number of aryl methyl sites for hydroxylation is 1. The highest BCUT2D eigenvalue weighted by Gasteiger charge is 2.27. The number of anilines is 1. The molecule has 0 spiro atoms. The molecule has 1 amide bonds. The van der Waals surface area contributed by atoms with Crippen LogP contribution in [-0.2, 0) is 17.6 Å². The van der Waals surface area contributed by atoms with E-state index in [0.717, 1.165) is 49.2 Å². The molecular weight excluding hydrogens is 300 g/mol. The van der Waals surface area contributed by atoms with Crippen LogP contribution in [0.2, 0.25) is 0 Å². The van der Waals surface area contributed by atoms with Gasteiger partial charge in [-0.1, -0.05) is 6.92 Å². The van der Waals surface area contributed by atoms with Gasteiger partial charge in [0.25, 0.3) is 0 Å². The summed E-state index contributed by atoms with van der Waals surface area (Å²) in [6.45, 7) is 4.45. The number of carbonyl (C=O) groups excluding carboxylic acids is 1. The molecule has 6 heteroatoms. The first-order valence-corrected chi connectivity index (χ1v) is 8.76. The van der Waals surface area contributed by atoms with Crippen molar-refractivity contribution in [3.8, 4) is 0 Å². The minimum absolute atomic E-state index is 0.100. The Morgan fingerprint density at radius 1 is 1.36 bits per heavy atom. The lowest BCUT2D eigenvalue weighted by Gasteiger charge is -2.30. The zero-order chi connectivity index (χ0) is 15.7. The molecule has 120 valence electrons. The Hall–Kier alpha value is -1.40. The zero-order valence-electron chi connectivity index (χ0n) is 12.9. The van der Waals surface area contributed by atoms with Gasteiger partial charge in [-0.05, 0) is 50.1 Å². The SMILES string of the molecule is CC1CCCN(CC(=O)Nc2sc3c(c2C(=O)O)CCC3)C1. The van der Waals surface area contributed by atoms with Crippen LogP contribution in [0.25, 0.3) is 0 Å². The Bertz CT molecular complexity index is 596. The Morgan fingerprint density at radius 3 is 2.91 bits per heavy atom. The van der Waals surface area contributed by atoms with Gasteiger partial charge in [0, 0.05) is 11.4 Å². The average molecular weight is 322 g/mol. The molecular formula is C16H22N2O3S. The van der Waals surface area contributed by atoms with Crippen LogP contribution in [0.1, 0.15) is 47.0 Å². The summed E-state index contributed by atoms with van der Waals surface area (Å²) >= 11 is 1.44. The van der Waals surface area contributed by atoms with Crippen LogP contribution in [0, 0.1) is 5.92 Å². The lowest BCUT2D eigenvalue weighted by molar-refractivity contribution is -0.117. The molecule has 3 rings (SSSR count). The van der Waals surface area contributed by atoms with Crippen LogP contribution in [0.5, 0.6) is 0 Å². The predicted octanol–water partition coefficient (Wildman–Crippen LogP) is 2.61. The fraction of sp³-hybridized carbons (Fsp3) is 0.625. The van der Waals surface area contributed by atoms with E-state index in [1.54, 1.807) is 0 Å². The molecule has 0 radical (unpaired) electrons. The number of thiophene rings is 1. The van der Waals surface area contributed by atoms with Crippen LogP contribution < -0.4 is 5.32 Å². The van der Waals surface area contributed by atoms with Crippen molar-refractivity contribution in [3.05, 3.63) is 16.0 Å². The summed E-state index contributed by atoms with van der Waals surface area (Å²) < 4.78 is 0. The molecule has 1 unspecified atom stereocenters. The first-order valence-electron chi connectivity index (χ1n) is 7.94. The Balaban J connectivity index is 1.68. The highest BCUT2D eigenvalue weighted by Crippen LogP contribution is 2.39. The fourth-order valence-corrected chi connectivity index (χ4v) is 4.82. The maximum Gasteiger partial charge on any atom is 0.339 e. The van der Waals surface area contributed by atoms with E-state index in [2.05, 4.69) is 17.1 Å². The van der Waals surface area contributed by atoms with Gasteiger partial charge in [0.2, 0.25) is 5.91 Å². The maximum atomic E-state index is 12.3. The van der Waals surface area contributed by atoms with Gasteiger partial charge in [0.1, 0.15) is 5.00 Å². The van der Waals surface area contributed by atoms with E-state index in [9.17, 15) is 14.7 Å². The molecule has 1 saturated heterocycles. The van der Waals surface area contributed by atoms with Crippen molar-refractivity contribution in [2.45, 2.75) is 39.0 Å². The summed E-state index contributed by atoms with van der Waals surface area (Å²) in [5.74, 6) is -0.403. The third-order valence-corrected chi connectivity index (χ3v) is 5.70. The number of hydrogen-bond acceptors (Lipinski definition) is 4. The maximum absolute atomic E-state index is 12.3. The fourth-order valence-electron chi connectivity index (χ4n) is 3.52. The minimum Gasteiger partial charge on any atom is -0.478 e. The van der Waals surface area contributed by atoms with Crippen molar-refractivity contribution < 1.29 is 14.7 Å². The highest BCUT2D eigenvalue weighted by atomic mass is 32.1. The summed E-state index contributed by atoms with van der Waals surface area (Å²) in [5.41, 5.74) is 1.25. The van der Waals surface area contributed by atoms with E-state index in [1.165, 1.54) is 17.8 Å². The molecule has 2 N–H and O–H groups in total. The number of hydrogen-bond donors (Lipinski definition) is 2. The molecule has 22 heavy (non-hydrogen) atoms. The van der Waals surface area contributed by atoms with Crippen molar-refractivity contribution >= 4 is 28.2 Å². The lowest BCUT2D eigenvalue weighted by atomic mass is 10.0. The van der Waals surface area contributed by atoms with Crippen molar-refractivity contribution in [3.63, 3.8) is 0 Å². The van der Waals surface area contributed by atoms with E-state index < -0.39 is 5.97 Å². The predicted molar refractivity (Wildman–Crippen MR) is 86.8 cm³/mol. The number of likely N-dealkylation sites (tertiary alicyclic amines) is 1. The van der Waals surface area contributed by atoms with E-state index >= 15 is 0 Å². The number of nitrogens with zero attached hydrogens (tertiary/aromatic N) is 1. The standard InChI is InChI=1S/C16H22N2O3S/c1-10-4-3-7-18(8-10)9-13(19)17-15-14(16(20)21)11-5-2-6-12(11)22-15/h10H,2-9H2,1H3,(H,17,19)(H,20,21). The van der Waals surface area contributed by atoms with Crippen molar-refractivity contribution in [1.29, 1.82) is 0 Å². The minimum atomic E-state index is -0.929. The Kier molecular flexibility index (Phi) is 4.49. The number of amides is 1. The third kappa shape index (κ3) is 3.17. The lowest BCUT2D eigenvalue weighted by Crippen LogP contribution is -2.39. The van der Waals surface area contributed by atoms with Gasteiger partial charge in [0.05, 0.1) is 12.1 Å². The largest absolute Gasteiger partial charge is 0.478 e. The van der Waals surface area contributed by atoms with Crippen LogP contribution >= 0.6 is 11.3 Å². The first kappa shape index (κ1) is 15.5. The van der Waals surface area contributed by atoms with Gasteiger partial charge < -0.3 is 10.4 Å². The van der Waals surface area contributed by atoms with Crippen molar-refractivity contribution in [1.82, 2.24) is 4.90 Å². The topological polar surface area (TPSA) is 69.6 Å². The molecule has 1 fully saturated rings. The van der Waals surface area contributed by atoms with Gasteiger partial charge >= 0.3 is 5.97 Å². The average Bonchev–Trinajstić information content (AvgIpc) is 2.97. The number of rotatable bonds is 4. The van der Waals surface area contributed by atoms with Gasteiger partial charge in [-0.3, -0.25) is 9.69 Å². The molecule has 1 atom stereocenters. The van der Waals surface area contributed by atoms with Crippen LogP contribution in [0.3, 0.4) is 0 Å². The quantitative estimate of drug-likeness (QED) is 0.894. The van der Waals surface area contributed by atoms with Gasteiger partial charge in [-0.2, -0.15) is 0 Å². The van der Waals surface area contributed by atoms with Crippen LogP contribution in [-0.4, -0.2) is 41.5 Å². The zero-order valence-corrected chi connectivity index (χ0v) is 13.7. The highest BCUT2D eigenvalue weighted by molar-refractivity contribution is 7.17. The van der Waals surface area contributed by atoms with Gasteiger partial charge in [-0.25, -0.2) is 4.79 Å². The van der Waals surface area contributed by atoms with Crippen LogP contribution in [0.4, 0.5) is 5.00 Å². The van der Waals surface area contributed by atoms with E-state index in [0.29, 0.717) is 23.0 Å². The second kappa shape index (κ2) is 6.38. The summed E-state index contributed by atoms with van der Waals surface area (Å²) in [7, 11) is 0. The first-order chi connectivity index (χ1) is 10.5. The summed E-state index contributed by atoms with van der Waals surface area (Å²) in [6.07, 6.45) is 5.11. The van der Waals surface area contributed by atoms with E-state index in [4.69, 9.17) is 0 Å². The summed E-state index contributed by atoms with van der Waals surface area (Å²) in [5, 5.41) is 12.8. The molecule has 1 aromatic rings. The molecule has 1 aliphatic heterocycles. The second-order valence-electron chi connectivity index (χ2n) is 6.40. The van der Waals surface area contributed by atoms with E-state index in [1.807, 2.05) is 0 Å². The number of carboxylic acids is 1. The number of fused-ring (bicyclic) bond motifs is 1. The third-order valence-electron chi connectivity index (χ3n) is 4.50. The number of piperidine rings is 1. The second-order valence-corrected chi connectivity index (χ2v) is 7.50. The molecule has 2 heterocycles. The smallest absolute Gasteiger partial charge is 0.339 e. The van der Waals surface area contributed by atoms with Crippen molar-refractivity contribution in [2.24, 2.45) is 5.92 Å². The molecule has 1 aliphatic carbocycles. The summed E-state index contributed by atoms with van der Waals surface area (Å²) in [4.78, 5) is 27.0. The molecule has 2 aliphatic rings. The molecule has 1 aromatic heterocycles. The Labute approximate surface area is 134 Å². The van der Waals surface area contributed by atoms with Gasteiger partial charge in [-0.15, -0.1) is 11.3 Å². The normalized spacial score (nSPS) is 21.6. The van der Waals surface area contributed by atoms with Crippen molar-refractivity contribution in [2.75, 3.05) is 25.0 Å². The monoisotopic (exact) mass is 322 g/mol.